The third-order valence-corrected chi connectivity index (χ3v) is 4.73. The first-order valence-electron chi connectivity index (χ1n) is 8.41. The van der Waals surface area contributed by atoms with Crippen molar-refractivity contribution in [2.75, 3.05) is 31.1 Å². The molecule has 2 aliphatic heterocycles. The van der Waals surface area contributed by atoms with Crippen molar-refractivity contribution in [2.24, 2.45) is 5.92 Å². The Bertz CT molecular complexity index is 488. The molecule has 120 valence electrons. The minimum atomic E-state index is 0.158. The van der Waals surface area contributed by atoms with Crippen molar-refractivity contribution < 1.29 is 4.79 Å². The molecule has 2 N–H and O–H groups in total. The number of amides is 1. The second-order valence-corrected chi connectivity index (χ2v) is 6.51. The topological polar surface area (TPSA) is 57.3 Å². The van der Waals surface area contributed by atoms with Gasteiger partial charge in [0.05, 0.1) is 5.92 Å². The third-order valence-electron chi connectivity index (χ3n) is 4.73. The van der Waals surface area contributed by atoms with Crippen molar-refractivity contribution in [3.8, 4) is 0 Å². The lowest BCUT2D eigenvalue weighted by Gasteiger charge is -2.34. The molecule has 0 bridgehead atoms. The Hall–Kier alpha value is -1.62. The van der Waals surface area contributed by atoms with Gasteiger partial charge in [0, 0.05) is 31.9 Å². The number of nitrogens with zero attached hydrogens (tertiary/aromatic N) is 2. The molecule has 0 spiro atoms. The minimum absolute atomic E-state index is 0.158. The molecule has 1 atom stereocenters. The lowest BCUT2D eigenvalue weighted by Crippen LogP contribution is -2.48. The summed E-state index contributed by atoms with van der Waals surface area (Å²) in [6, 6.07) is 4.50. The first kappa shape index (κ1) is 15.3. The van der Waals surface area contributed by atoms with E-state index in [2.05, 4.69) is 39.6 Å². The van der Waals surface area contributed by atoms with Gasteiger partial charge >= 0.3 is 0 Å². The Labute approximate surface area is 132 Å². The van der Waals surface area contributed by atoms with Gasteiger partial charge in [0.25, 0.3) is 0 Å². The molecule has 0 aliphatic carbocycles. The minimum Gasteiger partial charge on any atom is -0.356 e. The number of piperidine rings is 2. The van der Waals surface area contributed by atoms with Crippen LogP contribution in [0.1, 0.15) is 31.2 Å². The number of rotatable bonds is 3. The van der Waals surface area contributed by atoms with Crippen LogP contribution in [0.3, 0.4) is 0 Å². The van der Waals surface area contributed by atoms with Gasteiger partial charge in [-0.05, 0) is 50.8 Å². The maximum atomic E-state index is 12.3. The van der Waals surface area contributed by atoms with Crippen molar-refractivity contribution >= 4 is 11.7 Å². The van der Waals surface area contributed by atoms with E-state index in [0.717, 1.165) is 57.7 Å². The monoisotopic (exact) mass is 302 g/mol. The summed E-state index contributed by atoms with van der Waals surface area (Å²) in [5.41, 5.74) is 1.19. The fourth-order valence-corrected chi connectivity index (χ4v) is 3.29. The van der Waals surface area contributed by atoms with E-state index in [-0.39, 0.29) is 11.8 Å². The molecular weight excluding hydrogens is 276 g/mol. The molecule has 2 fully saturated rings. The molecule has 5 nitrogen and oxygen atoms in total. The predicted octanol–water partition coefficient (Wildman–Crippen LogP) is 1.47. The molecule has 0 saturated carbocycles. The van der Waals surface area contributed by atoms with Crippen LogP contribution in [-0.2, 0) is 4.79 Å². The molecule has 3 rings (SSSR count). The van der Waals surface area contributed by atoms with Crippen LogP contribution in [0.4, 0.5) is 5.82 Å². The van der Waals surface area contributed by atoms with Crippen LogP contribution in [0.25, 0.3) is 0 Å². The van der Waals surface area contributed by atoms with Gasteiger partial charge in [0.2, 0.25) is 5.91 Å². The molecule has 2 saturated heterocycles. The van der Waals surface area contributed by atoms with E-state index in [0.29, 0.717) is 6.04 Å². The van der Waals surface area contributed by atoms with Gasteiger partial charge in [-0.3, -0.25) is 4.79 Å². The lowest BCUT2D eigenvalue weighted by atomic mass is 9.97. The zero-order valence-corrected chi connectivity index (χ0v) is 13.3. The second-order valence-electron chi connectivity index (χ2n) is 6.51. The Morgan fingerprint density at radius 3 is 2.77 bits per heavy atom. The number of hydrogen-bond donors (Lipinski definition) is 2. The lowest BCUT2D eigenvalue weighted by molar-refractivity contribution is -0.126. The number of carbonyl (C=O) groups is 1. The average Bonchev–Trinajstić information content (AvgIpc) is 2.57. The van der Waals surface area contributed by atoms with Crippen LogP contribution in [0.5, 0.6) is 0 Å². The van der Waals surface area contributed by atoms with Crippen LogP contribution in [0, 0.1) is 12.8 Å². The number of nitrogens with one attached hydrogen (secondary N) is 2. The molecule has 0 aromatic carbocycles. The van der Waals surface area contributed by atoms with E-state index in [1.165, 1.54) is 5.56 Å². The average molecular weight is 302 g/mol. The molecule has 0 radical (unpaired) electrons. The summed E-state index contributed by atoms with van der Waals surface area (Å²) in [6.07, 6.45) is 6.04. The van der Waals surface area contributed by atoms with Crippen molar-refractivity contribution in [2.45, 2.75) is 38.6 Å². The first-order chi connectivity index (χ1) is 10.7. The first-order valence-corrected chi connectivity index (χ1v) is 8.41. The number of anilines is 1. The summed E-state index contributed by atoms with van der Waals surface area (Å²) < 4.78 is 0. The van der Waals surface area contributed by atoms with Crippen LogP contribution in [-0.4, -0.2) is 43.1 Å². The van der Waals surface area contributed by atoms with Crippen molar-refractivity contribution in [3.63, 3.8) is 0 Å². The summed E-state index contributed by atoms with van der Waals surface area (Å²) in [6.45, 7) is 5.86. The molecule has 1 aromatic rings. The van der Waals surface area contributed by atoms with Crippen LogP contribution < -0.4 is 15.5 Å². The Kier molecular flexibility index (Phi) is 4.93. The van der Waals surface area contributed by atoms with Gasteiger partial charge < -0.3 is 15.5 Å². The van der Waals surface area contributed by atoms with E-state index in [4.69, 9.17) is 0 Å². The highest BCUT2D eigenvalue weighted by molar-refractivity contribution is 5.79. The number of pyridine rings is 1. The molecule has 1 aromatic heterocycles. The van der Waals surface area contributed by atoms with Crippen LogP contribution >= 0.6 is 0 Å². The molecular formula is C17H26N4O. The number of aromatic nitrogens is 1. The predicted molar refractivity (Wildman–Crippen MR) is 87.9 cm³/mol. The second kappa shape index (κ2) is 7.09. The summed E-state index contributed by atoms with van der Waals surface area (Å²) in [7, 11) is 0. The highest BCUT2D eigenvalue weighted by Gasteiger charge is 2.26. The van der Waals surface area contributed by atoms with Crippen molar-refractivity contribution in [1.82, 2.24) is 15.6 Å². The van der Waals surface area contributed by atoms with E-state index < -0.39 is 0 Å². The Morgan fingerprint density at radius 1 is 1.32 bits per heavy atom. The maximum Gasteiger partial charge on any atom is 0.224 e. The Balaban J connectivity index is 1.47. The smallest absolute Gasteiger partial charge is 0.224 e. The maximum absolute atomic E-state index is 12.3. The number of hydrogen-bond acceptors (Lipinski definition) is 4. The summed E-state index contributed by atoms with van der Waals surface area (Å²) in [5.74, 6) is 1.44. The standard InChI is InChI=1S/C17H26N4O/c1-13-4-5-16(19-11-13)21-9-6-15(7-10-21)20-17(22)14-3-2-8-18-12-14/h4-5,11,14-15,18H,2-3,6-10,12H2,1H3,(H,20,22)/t14-/m1/s1. The molecule has 5 heteroatoms. The van der Waals surface area contributed by atoms with E-state index in [1.807, 2.05) is 6.20 Å². The van der Waals surface area contributed by atoms with E-state index in [9.17, 15) is 4.79 Å². The normalized spacial score (nSPS) is 23.3. The summed E-state index contributed by atoms with van der Waals surface area (Å²) in [5, 5.41) is 6.55. The fourth-order valence-electron chi connectivity index (χ4n) is 3.29. The van der Waals surface area contributed by atoms with Gasteiger partial charge in [0.1, 0.15) is 5.82 Å². The highest BCUT2D eigenvalue weighted by atomic mass is 16.2. The zero-order chi connectivity index (χ0) is 15.4. The van der Waals surface area contributed by atoms with E-state index >= 15 is 0 Å². The van der Waals surface area contributed by atoms with Crippen LogP contribution in [0.15, 0.2) is 18.3 Å². The van der Waals surface area contributed by atoms with Gasteiger partial charge in [-0.15, -0.1) is 0 Å². The third kappa shape index (κ3) is 3.77. The van der Waals surface area contributed by atoms with Gasteiger partial charge in [-0.2, -0.15) is 0 Å². The summed E-state index contributed by atoms with van der Waals surface area (Å²) in [4.78, 5) is 19.1. The molecule has 2 aliphatic rings. The molecule has 3 heterocycles. The van der Waals surface area contributed by atoms with Crippen molar-refractivity contribution in [1.29, 1.82) is 0 Å². The Morgan fingerprint density at radius 2 is 2.14 bits per heavy atom. The fraction of sp³-hybridized carbons (Fsp3) is 0.647. The van der Waals surface area contributed by atoms with Gasteiger partial charge in [-0.1, -0.05) is 6.07 Å². The highest BCUT2D eigenvalue weighted by Crippen LogP contribution is 2.19. The van der Waals surface area contributed by atoms with Gasteiger partial charge in [-0.25, -0.2) is 4.98 Å². The summed E-state index contributed by atoms with van der Waals surface area (Å²) >= 11 is 0. The zero-order valence-electron chi connectivity index (χ0n) is 13.3. The largest absolute Gasteiger partial charge is 0.356 e. The number of aryl methyl sites for hydroxylation is 1. The number of carbonyl (C=O) groups excluding carboxylic acids is 1. The molecule has 1 amide bonds. The quantitative estimate of drug-likeness (QED) is 0.888. The SMILES string of the molecule is Cc1ccc(N2CCC(NC(=O)[C@@H]3CCCNC3)CC2)nc1. The van der Waals surface area contributed by atoms with Crippen LogP contribution in [0.2, 0.25) is 0 Å². The molecule has 22 heavy (non-hydrogen) atoms. The van der Waals surface area contributed by atoms with Gasteiger partial charge in [0.15, 0.2) is 0 Å². The van der Waals surface area contributed by atoms with E-state index in [1.54, 1.807) is 0 Å². The van der Waals surface area contributed by atoms with Crippen molar-refractivity contribution in [3.05, 3.63) is 23.9 Å². The molecule has 0 unspecified atom stereocenters.